The second kappa shape index (κ2) is 5.31. The van der Waals surface area contributed by atoms with E-state index < -0.39 is 0 Å². The van der Waals surface area contributed by atoms with Gasteiger partial charge in [-0.3, -0.25) is 0 Å². The number of fused-ring (bicyclic) bond motifs is 1. The minimum Gasteiger partial charge on any atom is -0.356 e. The van der Waals surface area contributed by atoms with Crippen LogP contribution in [0.25, 0.3) is 22.2 Å². The maximum Gasteiger partial charge on any atom is 0.167 e. The van der Waals surface area contributed by atoms with E-state index in [0.29, 0.717) is 0 Å². The molecule has 1 unspecified atom stereocenters. The number of para-hydroxylation sites is 1. The lowest BCUT2D eigenvalue weighted by molar-refractivity contribution is 0.459. The van der Waals surface area contributed by atoms with Crippen molar-refractivity contribution in [3.05, 3.63) is 66.7 Å². The van der Waals surface area contributed by atoms with E-state index in [1.807, 2.05) is 54.6 Å². The van der Waals surface area contributed by atoms with Gasteiger partial charge in [0.2, 0.25) is 0 Å². The van der Waals surface area contributed by atoms with Crippen molar-refractivity contribution in [2.75, 3.05) is 0 Å². The average molecular weight is 264 g/mol. The fourth-order valence-electron chi connectivity index (χ4n) is 2.42. The standard InChI is InChI=1S/C17H16N2O/c1-2-7-15(18)12-8-3-4-9-13(12)17-14-10-5-6-11-16(14)20-19-17/h2-6,8-11,15H,1,7,18H2. The van der Waals surface area contributed by atoms with Crippen molar-refractivity contribution in [3.8, 4) is 11.3 Å². The third-order valence-electron chi connectivity index (χ3n) is 3.41. The van der Waals surface area contributed by atoms with Gasteiger partial charge in [-0.05, 0) is 24.1 Å². The molecule has 3 rings (SSSR count). The predicted molar refractivity (Wildman–Crippen MR) is 81.2 cm³/mol. The third kappa shape index (κ3) is 2.12. The number of hydrogen-bond acceptors (Lipinski definition) is 3. The average Bonchev–Trinajstić information content (AvgIpc) is 2.91. The van der Waals surface area contributed by atoms with Crippen molar-refractivity contribution < 1.29 is 4.52 Å². The first-order valence-corrected chi connectivity index (χ1v) is 6.61. The van der Waals surface area contributed by atoms with E-state index in [4.69, 9.17) is 10.3 Å². The summed E-state index contributed by atoms with van der Waals surface area (Å²) in [5.41, 5.74) is 9.94. The molecule has 2 N–H and O–H groups in total. The topological polar surface area (TPSA) is 52.0 Å². The van der Waals surface area contributed by atoms with Crippen LogP contribution in [0.3, 0.4) is 0 Å². The number of hydrogen-bond donors (Lipinski definition) is 1. The summed E-state index contributed by atoms with van der Waals surface area (Å²) in [4.78, 5) is 0. The minimum absolute atomic E-state index is 0.0841. The molecule has 3 nitrogen and oxygen atoms in total. The number of nitrogens with zero attached hydrogens (tertiary/aromatic N) is 1. The van der Waals surface area contributed by atoms with Gasteiger partial charge in [-0.25, -0.2) is 0 Å². The molecule has 20 heavy (non-hydrogen) atoms. The van der Waals surface area contributed by atoms with Crippen molar-refractivity contribution in [2.45, 2.75) is 12.5 Å². The van der Waals surface area contributed by atoms with Gasteiger partial charge in [0.1, 0.15) is 5.69 Å². The van der Waals surface area contributed by atoms with E-state index in [-0.39, 0.29) is 6.04 Å². The highest BCUT2D eigenvalue weighted by Crippen LogP contribution is 2.33. The Morgan fingerprint density at radius 2 is 1.90 bits per heavy atom. The largest absolute Gasteiger partial charge is 0.356 e. The van der Waals surface area contributed by atoms with Crippen LogP contribution < -0.4 is 5.73 Å². The molecule has 1 heterocycles. The summed E-state index contributed by atoms with van der Waals surface area (Å²) in [6.07, 6.45) is 2.56. The molecule has 0 amide bonds. The molecule has 0 saturated heterocycles. The van der Waals surface area contributed by atoms with Crippen LogP contribution in [0, 0.1) is 0 Å². The Kier molecular flexibility index (Phi) is 3.35. The molecule has 2 aromatic carbocycles. The van der Waals surface area contributed by atoms with Gasteiger partial charge in [0, 0.05) is 17.0 Å². The molecule has 0 saturated carbocycles. The van der Waals surface area contributed by atoms with E-state index in [2.05, 4.69) is 11.7 Å². The zero-order valence-electron chi connectivity index (χ0n) is 11.1. The molecule has 0 bridgehead atoms. The van der Waals surface area contributed by atoms with E-state index in [0.717, 1.165) is 34.2 Å². The van der Waals surface area contributed by atoms with Gasteiger partial charge >= 0.3 is 0 Å². The third-order valence-corrected chi connectivity index (χ3v) is 3.41. The van der Waals surface area contributed by atoms with Crippen molar-refractivity contribution in [1.82, 2.24) is 5.16 Å². The molecule has 0 aliphatic carbocycles. The minimum atomic E-state index is -0.0841. The lowest BCUT2D eigenvalue weighted by Crippen LogP contribution is -2.10. The molecule has 3 aromatic rings. The molecule has 0 aliphatic rings. The van der Waals surface area contributed by atoms with E-state index in [9.17, 15) is 0 Å². The summed E-state index contributed by atoms with van der Waals surface area (Å²) in [6.45, 7) is 3.75. The Morgan fingerprint density at radius 1 is 1.15 bits per heavy atom. The smallest absolute Gasteiger partial charge is 0.167 e. The van der Waals surface area contributed by atoms with Crippen molar-refractivity contribution >= 4 is 11.0 Å². The molecular weight excluding hydrogens is 248 g/mol. The fraction of sp³-hybridized carbons (Fsp3) is 0.118. The first kappa shape index (κ1) is 12.6. The quantitative estimate of drug-likeness (QED) is 0.723. The van der Waals surface area contributed by atoms with Gasteiger partial charge in [-0.1, -0.05) is 47.6 Å². The molecule has 0 fully saturated rings. The highest BCUT2D eigenvalue weighted by Gasteiger charge is 2.16. The lowest BCUT2D eigenvalue weighted by Gasteiger charge is -2.13. The molecule has 1 aromatic heterocycles. The highest BCUT2D eigenvalue weighted by molar-refractivity contribution is 5.92. The van der Waals surface area contributed by atoms with Crippen LogP contribution in [0.4, 0.5) is 0 Å². The molecular formula is C17H16N2O. The van der Waals surface area contributed by atoms with Crippen LogP contribution in [-0.4, -0.2) is 5.16 Å². The fourth-order valence-corrected chi connectivity index (χ4v) is 2.42. The molecule has 100 valence electrons. The summed E-state index contributed by atoms with van der Waals surface area (Å²) in [6, 6.07) is 15.8. The van der Waals surface area contributed by atoms with Crippen molar-refractivity contribution in [2.24, 2.45) is 5.73 Å². The van der Waals surface area contributed by atoms with Gasteiger partial charge in [0.15, 0.2) is 5.58 Å². The zero-order valence-corrected chi connectivity index (χ0v) is 11.1. The Balaban J connectivity index is 2.17. The highest BCUT2D eigenvalue weighted by atomic mass is 16.5. The summed E-state index contributed by atoms with van der Waals surface area (Å²) in [5, 5.41) is 5.22. The van der Waals surface area contributed by atoms with Crippen molar-refractivity contribution in [1.29, 1.82) is 0 Å². The predicted octanol–water partition coefficient (Wildman–Crippen LogP) is 4.07. The summed E-state index contributed by atoms with van der Waals surface area (Å²) in [7, 11) is 0. The summed E-state index contributed by atoms with van der Waals surface area (Å²) in [5.74, 6) is 0. The number of nitrogens with two attached hydrogens (primary N) is 1. The lowest BCUT2D eigenvalue weighted by atomic mass is 9.95. The van der Waals surface area contributed by atoms with Crippen molar-refractivity contribution in [3.63, 3.8) is 0 Å². The van der Waals surface area contributed by atoms with Gasteiger partial charge in [-0.15, -0.1) is 6.58 Å². The second-order valence-electron chi connectivity index (χ2n) is 4.75. The van der Waals surface area contributed by atoms with E-state index in [1.54, 1.807) is 0 Å². The van der Waals surface area contributed by atoms with Crippen LogP contribution >= 0.6 is 0 Å². The van der Waals surface area contributed by atoms with Gasteiger partial charge < -0.3 is 10.3 Å². The maximum absolute atomic E-state index is 6.23. The monoisotopic (exact) mass is 264 g/mol. The van der Waals surface area contributed by atoms with Crippen LogP contribution in [0.15, 0.2) is 65.7 Å². The maximum atomic E-state index is 6.23. The Bertz CT molecular complexity index is 745. The summed E-state index contributed by atoms with van der Waals surface area (Å²) < 4.78 is 5.39. The SMILES string of the molecule is C=CCC(N)c1ccccc1-c1noc2ccccc12. The number of rotatable bonds is 4. The normalized spacial score (nSPS) is 12.4. The molecule has 0 spiro atoms. The number of benzene rings is 2. The molecule has 0 aliphatic heterocycles. The number of aromatic nitrogens is 1. The molecule has 0 radical (unpaired) electrons. The molecule has 3 heteroatoms. The zero-order chi connectivity index (χ0) is 13.9. The first-order chi connectivity index (χ1) is 9.81. The Morgan fingerprint density at radius 3 is 2.75 bits per heavy atom. The van der Waals surface area contributed by atoms with E-state index >= 15 is 0 Å². The summed E-state index contributed by atoms with van der Waals surface area (Å²) >= 11 is 0. The van der Waals surface area contributed by atoms with Gasteiger partial charge in [0.25, 0.3) is 0 Å². The van der Waals surface area contributed by atoms with Crippen LogP contribution in [0.1, 0.15) is 18.0 Å². The van der Waals surface area contributed by atoms with Gasteiger partial charge in [0.05, 0.1) is 0 Å². The van der Waals surface area contributed by atoms with Crippen LogP contribution in [-0.2, 0) is 0 Å². The molecule has 1 atom stereocenters. The first-order valence-electron chi connectivity index (χ1n) is 6.61. The Hall–Kier alpha value is -2.39. The Labute approximate surface area is 117 Å². The van der Waals surface area contributed by atoms with E-state index in [1.165, 1.54) is 0 Å². The second-order valence-corrected chi connectivity index (χ2v) is 4.75. The van der Waals surface area contributed by atoms with Gasteiger partial charge in [-0.2, -0.15) is 0 Å². The van der Waals surface area contributed by atoms with Crippen LogP contribution in [0.5, 0.6) is 0 Å². The van der Waals surface area contributed by atoms with Crippen LogP contribution in [0.2, 0.25) is 0 Å².